The van der Waals surface area contributed by atoms with E-state index in [9.17, 15) is 4.79 Å². The van der Waals surface area contributed by atoms with E-state index in [0.29, 0.717) is 12.2 Å². The molecule has 88 valence electrons. The zero-order chi connectivity index (χ0) is 12.3. The number of amides is 1. The van der Waals surface area contributed by atoms with E-state index in [1.54, 1.807) is 11.7 Å². The fraction of sp³-hybridized carbons (Fsp3) is 0.100. The lowest BCUT2D eigenvalue weighted by Gasteiger charge is -2.05. The van der Waals surface area contributed by atoms with Crippen LogP contribution in [0.15, 0.2) is 24.0 Å². The Balaban J connectivity index is 2.07. The lowest BCUT2D eigenvalue weighted by molar-refractivity contribution is 0.0951. The van der Waals surface area contributed by atoms with E-state index >= 15 is 0 Å². The Hall–Kier alpha value is -1.66. The van der Waals surface area contributed by atoms with Crippen molar-refractivity contribution in [1.29, 1.82) is 0 Å². The first-order valence-electron chi connectivity index (χ1n) is 4.73. The van der Waals surface area contributed by atoms with Gasteiger partial charge in [-0.1, -0.05) is 11.6 Å². The normalized spacial score (nSPS) is 10.2. The number of hydrogen-bond acceptors (Lipinski definition) is 5. The van der Waals surface area contributed by atoms with Gasteiger partial charge in [0.05, 0.1) is 29.5 Å². The van der Waals surface area contributed by atoms with Gasteiger partial charge in [-0.25, -0.2) is 4.98 Å². The summed E-state index contributed by atoms with van der Waals surface area (Å²) in [6.45, 7) is 0.411. The van der Waals surface area contributed by atoms with Crippen LogP contribution in [0.5, 0.6) is 0 Å². The van der Waals surface area contributed by atoms with Gasteiger partial charge in [0.2, 0.25) is 0 Å². The molecule has 0 bridgehead atoms. The lowest BCUT2D eigenvalue weighted by Crippen LogP contribution is -2.23. The molecule has 0 saturated heterocycles. The quantitative estimate of drug-likeness (QED) is 0.831. The first-order valence-corrected chi connectivity index (χ1v) is 5.99. The fourth-order valence-electron chi connectivity index (χ4n) is 1.22. The van der Waals surface area contributed by atoms with Crippen molar-refractivity contribution < 1.29 is 4.79 Å². The SMILES string of the molecule is Nc1cnc(Cl)c(C(=O)NCc2cncs2)c1. The highest BCUT2D eigenvalue weighted by Gasteiger charge is 2.11. The van der Waals surface area contributed by atoms with E-state index in [1.165, 1.54) is 23.6 Å². The Morgan fingerprint density at radius 3 is 3.06 bits per heavy atom. The van der Waals surface area contributed by atoms with E-state index < -0.39 is 0 Å². The van der Waals surface area contributed by atoms with Crippen LogP contribution in [0.3, 0.4) is 0 Å². The summed E-state index contributed by atoms with van der Waals surface area (Å²) in [5.74, 6) is -0.303. The highest BCUT2D eigenvalue weighted by molar-refractivity contribution is 7.09. The summed E-state index contributed by atoms with van der Waals surface area (Å²) in [6.07, 6.45) is 3.10. The molecule has 0 aliphatic heterocycles. The molecule has 0 saturated carbocycles. The van der Waals surface area contributed by atoms with Crippen molar-refractivity contribution in [2.24, 2.45) is 0 Å². The molecule has 5 nitrogen and oxygen atoms in total. The minimum Gasteiger partial charge on any atom is -0.397 e. The number of carbonyl (C=O) groups excluding carboxylic acids is 1. The molecule has 0 spiro atoms. The lowest BCUT2D eigenvalue weighted by atomic mass is 10.2. The molecule has 0 aliphatic rings. The number of aromatic nitrogens is 2. The zero-order valence-corrected chi connectivity index (χ0v) is 10.3. The number of nitrogen functional groups attached to an aromatic ring is 1. The molecule has 0 fully saturated rings. The number of thiazole rings is 1. The monoisotopic (exact) mass is 268 g/mol. The van der Waals surface area contributed by atoms with E-state index in [0.717, 1.165) is 4.88 Å². The van der Waals surface area contributed by atoms with E-state index in [-0.39, 0.29) is 16.6 Å². The van der Waals surface area contributed by atoms with Crippen molar-refractivity contribution >= 4 is 34.5 Å². The van der Waals surface area contributed by atoms with Crippen molar-refractivity contribution in [2.45, 2.75) is 6.54 Å². The van der Waals surface area contributed by atoms with Crippen molar-refractivity contribution in [3.63, 3.8) is 0 Å². The van der Waals surface area contributed by atoms with Crippen molar-refractivity contribution in [3.05, 3.63) is 39.6 Å². The van der Waals surface area contributed by atoms with Gasteiger partial charge in [-0.05, 0) is 6.07 Å². The van der Waals surface area contributed by atoms with Crippen LogP contribution in [0.1, 0.15) is 15.2 Å². The second-order valence-electron chi connectivity index (χ2n) is 3.26. The molecule has 0 unspecified atom stereocenters. The third kappa shape index (κ3) is 2.92. The van der Waals surface area contributed by atoms with Gasteiger partial charge in [-0.3, -0.25) is 9.78 Å². The largest absolute Gasteiger partial charge is 0.397 e. The maximum absolute atomic E-state index is 11.8. The molecule has 3 N–H and O–H groups in total. The minimum absolute atomic E-state index is 0.140. The standard InChI is InChI=1S/C10H9ClN4OS/c11-9-8(1-6(12)2-14-9)10(16)15-4-7-3-13-5-17-7/h1-3,5H,4,12H2,(H,15,16). The molecule has 0 radical (unpaired) electrons. The number of halogens is 1. The number of nitrogens with one attached hydrogen (secondary N) is 1. The van der Waals surface area contributed by atoms with Crippen LogP contribution >= 0.6 is 22.9 Å². The Bertz CT molecular complexity index is 529. The average molecular weight is 269 g/mol. The maximum atomic E-state index is 11.8. The van der Waals surface area contributed by atoms with Gasteiger partial charge in [-0.15, -0.1) is 11.3 Å². The molecule has 2 rings (SSSR count). The molecular formula is C10H9ClN4OS. The van der Waals surface area contributed by atoms with Gasteiger partial charge in [0, 0.05) is 11.1 Å². The summed E-state index contributed by atoms with van der Waals surface area (Å²) in [5, 5.41) is 2.86. The molecule has 0 aromatic carbocycles. The van der Waals surface area contributed by atoms with Crippen LogP contribution in [0, 0.1) is 0 Å². The Morgan fingerprint density at radius 2 is 2.35 bits per heavy atom. The summed E-state index contributed by atoms with van der Waals surface area (Å²) in [6, 6.07) is 1.50. The summed E-state index contributed by atoms with van der Waals surface area (Å²) >= 11 is 7.28. The number of nitrogens with zero attached hydrogens (tertiary/aromatic N) is 2. The number of pyridine rings is 1. The van der Waals surface area contributed by atoms with Crippen LogP contribution in [0.25, 0.3) is 0 Å². The maximum Gasteiger partial charge on any atom is 0.254 e. The van der Waals surface area contributed by atoms with Gasteiger partial charge in [0.1, 0.15) is 5.15 Å². The van der Waals surface area contributed by atoms with Crippen molar-refractivity contribution in [1.82, 2.24) is 15.3 Å². The summed E-state index contributed by atoms with van der Waals surface area (Å²) in [4.78, 5) is 20.5. The van der Waals surface area contributed by atoms with Gasteiger partial charge in [-0.2, -0.15) is 0 Å². The summed E-state index contributed by atoms with van der Waals surface area (Å²) < 4.78 is 0. The summed E-state index contributed by atoms with van der Waals surface area (Å²) in [5.41, 5.74) is 7.93. The molecule has 1 amide bonds. The molecule has 0 atom stereocenters. The van der Waals surface area contributed by atoms with Gasteiger partial charge >= 0.3 is 0 Å². The topological polar surface area (TPSA) is 80.9 Å². The molecular weight excluding hydrogens is 260 g/mol. The third-order valence-corrected chi connectivity index (χ3v) is 3.09. The highest BCUT2D eigenvalue weighted by atomic mass is 35.5. The van der Waals surface area contributed by atoms with E-state index in [1.807, 2.05) is 0 Å². The van der Waals surface area contributed by atoms with Crippen molar-refractivity contribution in [3.8, 4) is 0 Å². The molecule has 2 heterocycles. The van der Waals surface area contributed by atoms with Gasteiger partial charge in [0.25, 0.3) is 5.91 Å². The van der Waals surface area contributed by atoms with Gasteiger partial charge in [0.15, 0.2) is 0 Å². The van der Waals surface area contributed by atoms with Crippen LogP contribution in [-0.4, -0.2) is 15.9 Å². The summed E-state index contributed by atoms with van der Waals surface area (Å²) in [7, 11) is 0. The zero-order valence-electron chi connectivity index (χ0n) is 8.68. The van der Waals surface area contributed by atoms with Crippen molar-refractivity contribution in [2.75, 3.05) is 5.73 Å². The van der Waals surface area contributed by atoms with Crippen LogP contribution < -0.4 is 11.1 Å². The number of carbonyl (C=O) groups is 1. The van der Waals surface area contributed by atoms with Crippen LogP contribution in [0.2, 0.25) is 5.15 Å². The average Bonchev–Trinajstić information content (AvgIpc) is 2.82. The second-order valence-corrected chi connectivity index (χ2v) is 4.59. The molecule has 17 heavy (non-hydrogen) atoms. The van der Waals surface area contributed by atoms with Crippen LogP contribution in [0.4, 0.5) is 5.69 Å². The highest BCUT2D eigenvalue weighted by Crippen LogP contribution is 2.15. The number of rotatable bonds is 3. The first kappa shape index (κ1) is 11.8. The number of nitrogens with two attached hydrogens (primary N) is 1. The minimum atomic E-state index is -0.303. The predicted molar refractivity (Wildman–Crippen MR) is 66.9 cm³/mol. The fourth-order valence-corrected chi connectivity index (χ4v) is 1.94. The Labute approximate surface area is 107 Å². The molecule has 0 aliphatic carbocycles. The number of anilines is 1. The smallest absolute Gasteiger partial charge is 0.254 e. The van der Waals surface area contributed by atoms with Gasteiger partial charge < -0.3 is 11.1 Å². The Morgan fingerprint density at radius 1 is 1.53 bits per heavy atom. The number of hydrogen-bond donors (Lipinski definition) is 2. The van der Waals surface area contributed by atoms with E-state index in [4.69, 9.17) is 17.3 Å². The van der Waals surface area contributed by atoms with Crippen LogP contribution in [-0.2, 0) is 6.54 Å². The predicted octanol–water partition coefficient (Wildman–Crippen LogP) is 1.70. The van der Waals surface area contributed by atoms with E-state index in [2.05, 4.69) is 15.3 Å². The Kier molecular flexibility index (Phi) is 3.55. The molecule has 2 aromatic rings. The second kappa shape index (κ2) is 5.11. The molecule has 2 aromatic heterocycles. The third-order valence-electron chi connectivity index (χ3n) is 2.01. The molecule has 7 heteroatoms. The first-order chi connectivity index (χ1) is 8.16.